The Hall–Kier alpha value is -2.49. The van der Waals surface area contributed by atoms with Crippen LogP contribution in [0, 0.1) is 0 Å². The van der Waals surface area contributed by atoms with Gasteiger partial charge in [-0.3, -0.25) is 4.79 Å². The second kappa shape index (κ2) is 4.65. The SMILES string of the molecule is CC(=O)c1ccccc1Nc1ccc2c(c1)OCO2. The number of ether oxygens (including phenoxy) is 2. The molecule has 0 fully saturated rings. The van der Waals surface area contributed by atoms with E-state index in [-0.39, 0.29) is 12.6 Å². The van der Waals surface area contributed by atoms with Gasteiger partial charge in [0, 0.05) is 23.0 Å². The maximum atomic E-state index is 11.6. The summed E-state index contributed by atoms with van der Waals surface area (Å²) in [5.74, 6) is 1.49. The highest BCUT2D eigenvalue weighted by molar-refractivity contribution is 6.00. The normalized spacial score (nSPS) is 12.3. The molecule has 19 heavy (non-hydrogen) atoms. The second-order valence-electron chi connectivity index (χ2n) is 4.29. The second-order valence-corrected chi connectivity index (χ2v) is 4.29. The van der Waals surface area contributed by atoms with Crippen molar-refractivity contribution in [1.29, 1.82) is 0 Å². The molecule has 1 aliphatic rings. The van der Waals surface area contributed by atoms with Crippen LogP contribution < -0.4 is 14.8 Å². The third-order valence-corrected chi connectivity index (χ3v) is 2.96. The predicted octanol–water partition coefficient (Wildman–Crippen LogP) is 3.36. The molecule has 0 saturated heterocycles. The number of benzene rings is 2. The molecule has 0 radical (unpaired) electrons. The standard InChI is InChI=1S/C15H13NO3/c1-10(17)12-4-2-3-5-13(12)16-11-6-7-14-15(8-11)19-9-18-14/h2-8,16H,9H2,1H3. The smallest absolute Gasteiger partial charge is 0.231 e. The molecule has 0 amide bonds. The largest absolute Gasteiger partial charge is 0.454 e. The van der Waals surface area contributed by atoms with E-state index in [2.05, 4.69) is 5.32 Å². The van der Waals surface area contributed by atoms with Crippen molar-refractivity contribution in [3.63, 3.8) is 0 Å². The van der Waals surface area contributed by atoms with Crippen LogP contribution in [-0.2, 0) is 0 Å². The summed E-state index contributed by atoms with van der Waals surface area (Å²) < 4.78 is 10.6. The van der Waals surface area contributed by atoms with Gasteiger partial charge in [-0.15, -0.1) is 0 Å². The lowest BCUT2D eigenvalue weighted by Gasteiger charge is -2.10. The van der Waals surface area contributed by atoms with E-state index in [0.717, 1.165) is 17.1 Å². The van der Waals surface area contributed by atoms with E-state index in [1.165, 1.54) is 0 Å². The molecule has 3 rings (SSSR count). The molecule has 0 aromatic heterocycles. The summed E-state index contributed by atoms with van der Waals surface area (Å²) >= 11 is 0. The number of carbonyl (C=O) groups is 1. The van der Waals surface area contributed by atoms with Gasteiger partial charge < -0.3 is 14.8 Å². The summed E-state index contributed by atoms with van der Waals surface area (Å²) in [6.07, 6.45) is 0. The van der Waals surface area contributed by atoms with Crippen molar-refractivity contribution in [2.75, 3.05) is 12.1 Å². The molecule has 4 nitrogen and oxygen atoms in total. The van der Waals surface area contributed by atoms with Crippen molar-refractivity contribution in [2.45, 2.75) is 6.92 Å². The Morgan fingerprint density at radius 2 is 1.89 bits per heavy atom. The first-order valence-electron chi connectivity index (χ1n) is 6.01. The maximum Gasteiger partial charge on any atom is 0.231 e. The number of fused-ring (bicyclic) bond motifs is 1. The zero-order valence-corrected chi connectivity index (χ0v) is 10.5. The molecule has 0 atom stereocenters. The third-order valence-electron chi connectivity index (χ3n) is 2.96. The van der Waals surface area contributed by atoms with Gasteiger partial charge in [-0.05, 0) is 31.2 Å². The van der Waals surface area contributed by atoms with Gasteiger partial charge in [0.1, 0.15) is 0 Å². The van der Waals surface area contributed by atoms with Gasteiger partial charge in [-0.2, -0.15) is 0 Å². The fraction of sp³-hybridized carbons (Fsp3) is 0.133. The molecular formula is C15H13NO3. The average Bonchev–Trinajstić information content (AvgIpc) is 2.86. The first kappa shape index (κ1) is 11.6. The van der Waals surface area contributed by atoms with Crippen LogP contribution in [0.1, 0.15) is 17.3 Å². The molecule has 0 saturated carbocycles. The minimum Gasteiger partial charge on any atom is -0.454 e. The van der Waals surface area contributed by atoms with Crippen molar-refractivity contribution in [2.24, 2.45) is 0 Å². The Bertz CT molecular complexity index is 637. The van der Waals surface area contributed by atoms with Crippen LogP contribution in [-0.4, -0.2) is 12.6 Å². The van der Waals surface area contributed by atoms with E-state index >= 15 is 0 Å². The van der Waals surface area contributed by atoms with Gasteiger partial charge >= 0.3 is 0 Å². The molecule has 1 aliphatic heterocycles. The number of anilines is 2. The molecule has 1 N–H and O–H groups in total. The van der Waals surface area contributed by atoms with Crippen LogP contribution in [0.2, 0.25) is 0 Å². The van der Waals surface area contributed by atoms with Crippen molar-refractivity contribution >= 4 is 17.2 Å². The van der Waals surface area contributed by atoms with Gasteiger partial charge in [0.2, 0.25) is 6.79 Å². The molecule has 1 heterocycles. The van der Waals surface area contributed by atoms with Crippen LogP contribution in [0.4, 0.5) is 11.4 Å². The number of para-hydroxylation sites is 1. The van der Waals surface area contributed by atoms with Gasteiger partial charge in [-0.1, -0.05) is 12.1 Å². The van der Waals surface area contributed by atoms with Crippen LogP contribution in [0.5, 0.6) is 11.5 Å². The summed E-state index contributed by atoms with van der Waals surface area (Å²) in [6, 6.07) is 13.0. The Balaban J connectivity index is 1.91. The number of hydrogen-bond acceptors (Lipinski definition) is 4. The fourth-order valence-electron chi connectivity index (χ4n) is 2.03. The summed E-state index contributed by atoms with van der Waals surface area (Å²) in [6.45, 7) is 1.81. The molecule has 2 aromatic rings. The summed E-state index contributed by atoms with van der Waals surface area (Å²) in [5.41, 5.74) is 2.31. The maximum absolute atomic E-state index is 11.6. The number of carbonyl (C=O) groups excluding carboxylic acids is 1. The minimum atomic E-state index is 0.0313. The zero-order chi connectivity index (χ0) is 13.2. The summed E-state index contributed by atoms with van der Waals surface area (Å²) in [5, 5.41) is 3.23. The summed E-state index contributed by atoms with van der Waals surface area (Å²) in [7, 11) is 0. The molecule has 0 spiro atoms. The van der Waals surface area contributed by atoms with Gasteiger partial charge in [0.05, 0.1) is 0 Å². The van der Waals surface area contributed by atoms with E-state index < -0.39 is 0 Å². The molecule has 4 heteroatoms. The van der Waals surface area contributed by atoms with Crippen molar-refractivity contribution in [3.05, 3.63) is 48.0 Å². The minimum absolute atomic E-state index is 0.0313. The van der Waals surface area contributed by atoms with Crippen LogP contribution in [0.3, 0.4) is 0 Å². The lowest BCUT2D eigenvalue weighted by atomic mass is 10.1. The highest BCUT2D eigenvalue weighted by Crippen LogP contribution is 2.35. The van der Waals surface area contributed by atoms with E-state index in [0.29, 0.717) is 11.3 Å². The average molecular weight is 255 g/mol. The number of rotatable bonds is 3. The molecule has 0 bridgehead atoms. The monoisotopic (exact) mass is 255 g/mol. The van der Waals surface area contributed by atoms with Crippen molar-refractivity contribution < 1.29 is 14.3 Å². The number of Topliss-reactive ketones (excluding diaryl/α,β-unsaturated/α-hetero) is 1. The predicted molar refractivity (Wildman–Crippen MR) is 72.3 cm³/mol. The van der Waals surface area contributed by atoms with E-state index in [9.17, 15) is 4.79 Å². The number of nitrogens with one attached hydrogen (secondary N) is 1. The first-order valence-corrected chi connectivity index (χ1v) is 6.01. The Morgan fingerprint density at radius 1 is 1.11 bits per heavy atom. The van der Waals surface area contributed by atoms with Crippen LogP contribution >= 0.6 is 0 Å². The van der Waals surface area contributed by atoms with E-state index in [1.807, 2.05) is 36.4 Å². The quantitative estimate of drug-likeness (QED) is 0.854. The van der Waals surface area contributed by atoms with Gasteiger partial charge in [0.15, 0.2) is 17.3 Å². The third kappa shape index (κ3) is 2.25. The molecule has 0 aliphatic carbocycles. The van der Waals surface area contributed by atoms with E-state index in [4.69, 9.17) is 9.47 Å². The van der Waals surface area contributed by atoms with Crippen molar-refractivity contribution in [1.82, 2.24) is 0 Å². The van der Waals surface area contributed by atoms with Gasteiger partial charge in [0.25, 0.3) is 0 Å². The Morgan fingerprint density at radius 3 is 2.74 bits per heavy atom. The molecule has 2 aromatic carbocycles. The lowest BCUT2D eigenvalue weighted by molar-refractivity contribution is 0.101. The number of ketones is 1. The van der Waals surface area contributed by atoms with Crippen LogP contribution in [0.15, 0.2) is 42.5 Å². The highest BCUT2D eigenvalue weighted by Gasteiger charge is 2.14. The zero-order valence-electron chi connectivity index (χ0n) is 10.5. The Labute approximate surface area is 111 Å². The fourth-order valence-corrected chi connectivity index (χ4v) is 2.03. The topological polar surface area (TPSA) is 47.6 Å². The van der Waals surface area contributed by atoms with E-state index in [1.54, 1.807) is 13.0 Å². The lowest BCUT2D eigenvalue weighted by Crippen LogP contribution is -1.99. The Kier molecular flexibility index (Phi) is 2.83. The number of hydrogen-bond donors (Lipinski definition) is 1. The molecular weight excluding hydrogens is 242 g/mol. The molecule has 0 unspecified atom stereocenters. The highest BCUT2D eigenvalue weighted by atomic mass is 16.7. The van der Waals surface area contributed by atoms with Gasteiger partial charge in [-0.25, -0.2) is 0 Å². The van der Waals surface area contributed by atoms with Crippen molar-refractivity contribution in [3.8, 4) is 11.5 Å². The van der Waals surface area contributed by atoms with Crippen LogP contribution in [0.25, 0.3) is 0 Å². The summed E-state index contributed by atoms with van der Waals surface area (Å²) in [4.78, 5) is 11.6. The first-order chi connectivity index (χ1) is 9.24. The molecule has 96 valence electrons.